The van der Waals surface area contributed by atoms with E-state index in [1.54, 1.807) is 0 Å². The highest BCUT2D eigenvalue weighted by atomic mass is 15.2. The summed E-state index contributed by atoms with van der Waals surface area (Å²) in [6.45, 7) is 13.5. The molecule has 3 rings (SSSR count). The van der Waals surface area contributed by atoms with Crippen LogP contribution in [0.5, 0.6) is 0 Å². The summed E-state index contributed by atoms with van der Waals surface area (Å²) in [4.78, 5) is 7.15. The Morgan fingerprint density at radius 1 is 1.08 bits per heavy atom. The number of aliphatic imine (C=N–C) groups is 1. The molecular formula is C24H30N2. The molecule has 2 nitrogen and oxygen atoms in total. The number of aryl methyl sites for hydroxylation is 1. The third-order valence-corrected chi connectivity index (χ3v) is 5.12. The first-order valence-electron chi connectivity index (χ1n) is 9.58. The van der Waals surface area contributed by atoms with Crippen LogP contribution in [-0.4, -0.2) is 17.8 Å². The number of anilines is 1. The van der Waals surface area contributed by atoms with Crippen molar-refractivity contribution in [3.8, 4) is 0 Å². The molecule has 0 N–H and O–H groups in total. The van der Waals surface area contributed by atoms with Crippen molar-refractivity contribution >= 4 is 23.2 Å². The zero-order valence-electron chi connectivity index (χ0n) is 16.9. The van der Waals surface area contributed by atoms with Crippen LogP contribution in [0.15, 0.2) is 53.5 Å². The van der Waals surface area contributed by atoms with Crippen molar-refractivity contribution in [3.63, 3.8) is 0 Å². The zero-order chi connectivity index (χ0) is 18.9. The van der Waals surface area contributed by atoms with Crippen LogP contribution in [0.4, 0.5) is 11.4 Å². The van der Waals surface area contributed by atoms with Crippen molar-refractivity contribution in [1.29, 1.82) is 0 Å². The lowest BCUT2D eigenvalue weighted by atomic mass is 9.87. The van der Waals surface area contributed by atoms with Gasteiger partial charge in [-0.15, -0.1) is 0 Å². The third-order valence-electron chi connectivity index (χ3n) is 5.12. The van der Waals surface area contributed by atoms with Crippen molar-refractivity contribution in [2.75, 3.05) is 4.90 Å². The molecular weight excluding hydrogens is 316 g/mol. The van der Waals surface area contributed by atoms with Crippen LogP contribution < -0.4 is 4.90 Å². The molecule has 0 fully saturated rings. The highest BCUT2D eigenvalue weighted by molar-refractivity contribution is 5.88. The molecule has 0 saturated carbocycles. The minimum absolute atomic E-state index is 0.0296. The number of nitrogens with zero attached hydrogens (tertiary/aromatic N) is 2. The molecule has 0 bridgehead atoms. The lowest BCUT2D eigenvalue weighted by molar-refractivity contribution is 0.507. The van der Waals surface area contributed by atoms with Crippen molar-refractivity contribution in [2.24, 2.45) is 4.99 Å². The summed E-state index contributed by atoms with van der Waals surface area (Å²) in [5.74, 6) is 0. The Hall–Kier alpha value is -2.35. The molecule has 0 aromatic heterocycles. The third kappa shape index (κ3) is 3.60. The highest BCUT2D eigenvalue weighted by Crippen LogP contribution is 2.40. The molecule has 1 aliphatic heterocycles. The van der Waals surface area contributed by atoms with Crippen LogP contribution in [0.2, 0.25) is 0 Å². The summed E-state index contributed by atoms with van der Waals surface area (Å²) in [6, 6.07) is 15.6. The Bertz CT molecular complexity index is 839. The average Bonchev–Trinajstić information content (AvgIpc) is 2.59. The molecule has 2 heteroatoms. The van der Waals surface area contributed by atoms with Gasteiger partial charge in [0.25, 0.3) is 0 Å². The lowest BCUT2D eigenvalue weighted by Crippen LogP contribution is -2.49. The second-order valence-electron chi connectivity index (χ2n) is 8.00. The van der Waals surface area contributed by atoms with Gasteiger partial charge in [0.2, 0.25) is 0 Å². The van der Waals surface area contributed by atoms with E-state index in [4.69, 9.17) is 0 Å². The molecule has 0 saturated heterocycles. The van der Waals surface area contributed by atoms with Gasteiger partial charge in [0, 0.05) is 23.5 Å². The van der Waals surface area contributed by atoms with Crippen LogP contribution in [0.25, 0.3) is 5.57 Å². The van der Waals surface area contributed by atoms with Crippen molar-refractivity contribution < 1.29 is 0 Å². The molecule has 1 aliphatic rings. The lowest BCUT2D eigenvalue weighted by Gasteiger charge is -2.46. The normalized spacial score (nSPS) is 16.1. The predicted molar refractivity (Wildman–Crippen MR) is 115 cm³/mol. The number of rotatable bonds is 4. The molecule has 0 atom stereocenters. The molecule has 0 amide bonds. The van der Waals surface area contributed by atoms with E-state index in [0.717, 1.165) is 17.7 Å². The van der Waals surface area contributed by atoms with E-state index >= 15 is 0 Å². The van der Waals surface area contributed by atoms with Gasteiger partial charge >= 0.3 is 0 Å². The summed E-state index contributed by atoms with van der Waals surface area (Å²) in [5, 5.41) is 0. The Kier molecular flexibility index (Phi) is 5.04. The number of hydrogen-bond donors (Lipinski definition) is 0. The van der Waals surface area contributed by atoms with E-state index in [9.17, 15) is 0 Å². The molecule has 0 radical (unpaired) electrons. The summed E-state index contributed by atoms with van der Waals surface area (Å²) in [6.07, 6.45) is 5.40. The summed E-state index contributed by atoms with van der Waals surface area (Å²) < 4.78 is 0. The van der Waals surface area contributed by atoms with Gasteiger partial charge in [0.1, 0.15) is 0 Å². The van der Waals surface area contributed by atoms with Gasteiger partial charge in [-0.2, -0.15) is 0 Å². The van der Waals surface area contributed by atoms with Gasteiger partial charge in [-0.25, -0.2) is 0 Å². The van der Waals surface area contributed by atoms with E-state index in [0.29, 0.717) is 6.04 Å². The molecule has 0 unspecified atom stereocenters. The maximum Gasteiger partial charge on any atom is 0.0630 e. The monoisotopic (exact) mass is 346 g/mol. The van der Waals surface area contributed by atoms with Crippen molar-refractivity contribution in [2.45, 2.75) is 59.5 Å². The van der Waals surface area contributed by atoms with Gasteiger partial charge in [-0.05, 0) is 82.0 Å². The quantitative estimate of drug-likeness (QED) is 0.584. The number of hydrogen-bond acceptors (Lipinski definition) is 2. The van der Waals surface area contributed by atoms with E-state index < -0.39 is 0 Å². The fraction of sp³-hybridized carbons (Fsp3) is 0.375. The molecule has 0 spiro atoms. The number of benzene rings is 2. The number of allylic oxidation sites excluding steroid dienone is 1. The second kappa shape index (κ2) is 7.11. The van der Waals surface area contributed by atoms with Gasteiger partial charge in [0.15, 0.2) is 0 Å². The second-order valence-corrected chi connectivity index (χ2v) is 8.00. The predicted octanol–water partition coefficient (Wildman–Crippen LogP) is 6.41. The molecule has 1 heterocycles. The van der Waals surface area contributed by atoms with Crippen molar-refractivity contribution in [1.82, 2.24) is 0 Å². The van der Waals surface area contributed by atoms with E-state index in [-0.39, 0.29) is 5.54 Å². The van der Waals surface area contributed by atoms with Crippen LogP contribution in [0, 0.1) is 0 Å². The van der Waals surface area contributed by atoms with E-state index in [2.05, 4.69) is 100.0 Å². The molecule has 2 aromatic carbocycles. The number of fused-ring (bicyclic) bond motifs is 1. The van der Waals surface area contributed by atoms with Gasteiger partial charge < -0.3 is 4.90 Å². The van der Waals surface area contributed by atoms with Gasteiger partial charge in [0.05, 0.1) is 11.2 Å². The van der Waals surface area contributed by atoms with E-state index in [1.807, 2.05) is 6.21 Å². The fourth-order valence-electron chi connectivity index (χ4n) is 4.06. The van der Waals surface area contributed by atoms with E-state index in [1.165, 1.54) is 22.4 Å². The summed E-state index contributed by atoms with van der Waals surface area (Å²) >= 11 is 0. The highest BCUT2D eigenvalue weighted by Gasteiger charge is 2.32. The SMILES string of the molecule is CCc1ccc(N=Cc2ccc3c(c2)C(C)=CC(C)(C)N3C(C)C)cc1. The van der Waals surface area contributed by atoms with Gasteiger partial charge in [-0.3, -0.25) is 4.99 Å². The Morgan fingerprint density at radius 2 is 1.77 bits per heavy atom. The average molecular weight is 347 g/mol. The van der Waals surface area contributed by atoms with Crippen molar-refractivity contribution in [3.05, 3.63) is 65.2 Å². The molecule has 26 heavy (non-hydrogen) atoms. The minimum Gasteiger partial charge on any atom is -0.360 e. The van der Waals surface area contributed by atoms with Gasteiger partial charge in [-0.1, -0.05) is 31.2 Å². The van der Waals surface area contributed by atoms with Crippen LogP contribution >= 0.6 is 0 Å². The Labute approximate surface area is 158 Å². The smallest absolute Gasteiger partial charge is 0.0630 e. The maximum atomic E-state index is 4.65. The summed E-state index contributed by atoms with van der Waals surface area (Å²) in [5.41, 5.74) is 7.47. The first-order chi connectivity index (χ1) is 12.3. The standard InChI is InChI=1S/C24H30N2/c1-7-19-8-11-21(12-9-19)25-16-20-10-13-23-22(14-20)18(4)15-24(5,6)26(23)17(2)3/h8-17H,7H2,1-6H3. The minimum atomic E-state index is 0.0296. The Morgan fingerprint density at radius 3 is 2.38 bits per heavy atom. The van der Waals surface area contributed by atoms with Crippen LogP contribution in [-0.2, 0) is 6.42 Å². The fourth-order valence-corrected chi connectivity index (χ4v) is 4.06. The maximum absolute atomic E-state index is 4.65. The molecule has 2 aromatic rings. The largest absolute Gasteiger partial charge is 0.360 e. The first-order valence-corrected chi connectivity index (χ1v) is 9.58. The first kappa shape index (κ1) is 18.4. The molecule has 136 valence electrons. The van der Waals surface area contributed by atoms with Crippen LogP contribution in [0.3, 0.4) is 0 Å². The van der Waals surface area contributed by atoms with Crippen LogP contribution in [0.1, 0.15) is 58.2 Å². The topological polar surface area (TPSA) is 15.6 Å². The molecule has 0 aliphatic carbocycles. The zero-order valence-corrected chi connectivity index (χ0v) is 16.9. The Balaban J connectivity index is 1.93. The summed E-state index contributed by atoms with van der Waals surface area (Å²) in [7, 11) is 0.